The Morgan fingerprint density at radius 2 is 1.70 bits per heavy atom. The highest BCUT2D eigenvalue weighted by atomic mass is 35.5. The van der Waals surface area contributed by atoms with Gasteiger partial charge >= 0.3 is 11.8 Å². The van der Waals surface area contributed by atoms with Crippen LogP contribution in [0.3, 0.4) is 0 Å². The number of amides is 2. The van der Waals surface area contributed by atoms with Crippen LogP contribution in [0.15, 0.2) is 12.1 Å². The Bertz CT molecular complexity index is 557. The van der Waals surface area contributed by atoms with Gasteiger partial charge in [0.1, 0.15) is 5.69 Å². The van der Waals surface area contributed by atoms with Gasteiger partial charge in [-0.25, -0.2) is 8.78 Å². The first-order valence-electron chi connectivity index (χ1n) is 7.21. The molecule has 1 rings (SSSR count). The number of halogens is 3. The normalized spacial score (nSPS) is 12.1. The van der Waals surface area contributed by atoms with E-state index >= 15 is 0 Å². The van der Waals surface area contributed by atoms with Crippen molar-refractivity contribution in [3.8, 4) is 0 Å². The predicted molar refractivity (Wildman–Crippen MR) is 83.1 cm³/mol. The molecular weight excluding hydrogens is 330 g/mol. The minimum atomic E-state index is -1.23. The minimum absolute atomic E-state index is 0.00971. The number of carbonyl (C=O) groups excluding carboxylic acids is 2. The summed E-state index contributed by atoms with van der Waals surface area (Å²) in [5.74, 6) is -4.52. The molecule has 23 heavy (non-hydrogen) atoms. The fourth-order valence-electron chi connectivity index (χ4n) is 2.11. The summed E-state index contributed by atoms with van der Waals surface area (Å²) in [7, 11) is 0. The molecule has 0 heterocycles. The predicted octanol–water partition coefficient (Wildman–Crippen LogP) is 2.47. The van der Waals surface area contributed by atoms with Gasteiger partial charge in [0.2, 0.25) is 0 Å². The lowest BCUT2D eigenvalue weighted by Crippen LogP contribution is -2.41. The van der Waals surface area contributed by atoms with Crippen LogP contribution in [0.4, 0.5) is 14.5 Å². The fourth-order valence-corrected chi connectivity index (χ4v) is 2.30. The second-order valence-corrected chi connectivity index (χ2v) is 5.49. The van der Waals surface area contributed by atoms with Crippen molar-refractivity contribution in [1.82, 2.24) is 5.32 Å². The third-order valence-electron chi connectivity index (χ3n) is 3.52. The standard InChI is InChI=1S/C15H19ClF2N2O3/c1-3-8(4-2)12(21)7-19-14(22)15(23)20-13-10(17)5-9(16)6-11(13)18/h5-6,8,12,21H,3-4,7H2,1-2H3,(H,19,22)(H,20,23). The molecule has 8 heteroatoms. The number of benzene rings is 1. The highest BCUT2D eigenvalue weighted by Gasteiger charge is 2.21. The highest BCUT2D eigenvalue weighted by molar-refractivity contribution is 6.39. The monoisotopic (exact) mass is 348 g/mol. The van der Waals surface area contributed by atoms with E-state index in [-0.39, 0.29) is 17.5 Å². The molecule has 0 saturated heterocycles. The maximum atomic E-state index is 13.5. The fraction of sp³-hybridized carbons (Fsp3) is 0.467. The van der Waals surface area contributed by atoms with Gasteiger partial charge in [-0.1, -0.05) is 38.3 Å². The van der Waals surface area contributed by atoms with Crippen LogP contribution in [0.25, 0.3) is 0 Å². The Kier molecular flexibility index (Phi) is 7.38. The van der Waals surface area contributed by atoms with E-state index in [9.17, 15) is 23.5 Å². The van der Waals surface area contributed by atoms with E-state index in [0.717, 1.165) is 25.0 Å². The molecule has 3 N–H and O–H groups in total. The van der Waals surface area contributed by atoms with Gasteiger partial charge in [-0.2, -0.15) is 0 Å². The lowest BCUT2D eigenvalue weighted by Gasteiger charge is -2.20. The molecule has 0 aliphatic carbocycles. The first kappa shape index (κ1) is 19.3. The lowest BCUT2D eigenvalue weighted by molar-refractivity contribution is -0.136. The summed E-state index contributed by atoms with van der Waals surface area (Å²) in [6.45, 7) is 3.68. The maximum Gasteiger partial charge on any atom is 0.313 e. The summed E-state index contributed by atoms with van der Waals surface area (Å²) < 4.78 is 27.1. The van der Waals surface area contributed by atoms with Gasteiger partial charge in [0.15, 0.2) is 11.6 Å². The molecule has 1 atom stereocenters. The Morgan fingerprint density at radius 3 is 2.17 bits per heavy atom. The van der Waals surface area contributed by atoms with E-state index in [0.29, 0.717) is 0 Å². The number of hydrogen-bond donors (Lipinski definition) is 3. The quantitative estimate of drug-likeness (QED) is 0.691. The van der Waals surface area contributed by atoms with E-state index in [4.69, 9.17) is 11.6 Å². The third kappa shape index (κ3) is 5.44. The zero-order valence-electron chi connectivity index (χ0n) is 12.8. The Hall–Kier alpha value is -1.73. The number of carbonyl (C=O) groups is 2. The van der Waals surface area contributed by atoms with E-state index in [1.165, 1.54) is 0 Å². The van der Waals surface area contributed by atoms with Gasteiger partial charge < -0.3 is 15.7 Å². The number of anilines is 1. The van der Waals surface area contributed by atoms with Crippen molar-refractivity contribution in [2.45, 2.75) is 32.8 Å². The van der Waals surface area contributed by atoms with Crippen LogP contribution in [0, 0.1) is 17.6 Å². The van der Waals surface area contributed by atoms with Gasteiger partial charge in [-0.05, 0) is 18.1 Å². The van der Waals surface area contributed by atoms with Crippen LogP contribution >= 0.6 is 11.6 Å². The van der Waals surface area contributed by atoms with Gasteiger partial charge in [-0.3, -0.25) is 9.59 Å². The molecule has 128 valence electrons. The second-order valence-electron chi connectivity index (χ2n) is 5.05. The molecule has 0 saturated carbocycles. The zero-order valence-corrected chi connectivity index (χ0v) is 13.6. The van der Waals surface area contributed by atoms with Crippen LogP contribution in [0.1, 0.15) is 26.7 Å². The van der Waals surface area contributed by atoms with Crippen molar-refractivity contribution in [3.63, 3.8) is 0 Å². The van der Waals surface area contributed by atoms with Crippen LogP contribution in [0.5, 0.6) is 0 Å². The molecular formula is C15H19ClF2N2O3. The topological polar surface area (TPSA) is 78.4 Å². The third-order valence-corrected chi connectivity index (χ3v) is 3.73. The van der Waals surface area contributed by atoms with Gasteiger partial charge in [0.05, 0.1) is 6.10 Å². The Labute approximate surface area is 138 Å². The summed E-state index contributed by atoms with van der Waals surface area (Å²) in [6.07, 6.45) is 0.646. The zero-order chi connectivity index (χ0) is 17.6. The van der Waals surface area contributed by atoms with Gasteiger partial charge in [0, 0.05) is 11.6 Å². The largest absolute Gasteiger partial charge is 0.391 e. The van der Waals surface area contributed by atoms with E-state index in [1.807, 2.05) is 19.2 Å². The molecule has 0 aliphatic rings. The summed E-state index contributed by atoms with van der Waals surface area (Å²) in [5, 5.41) is 13.8. The molecule has 1 aromatic carbocycles. The van der Waals surface area contributed by atoms with Crippen molar-refractivity contribution in [1.29, 1.82) is 0 Å². The minimum Gasteiger partial charge on any atom is -0.391 e. The number of aliphatic hydroxyl groups is 1. The average molecular weight is 349 g/mol. The van der Waals surface area contributed by atoms with Crippen molar-refractivity contribution < 1.29 is 23.5 Å². The van der Waals surface area contributed by atoms with Crippen molar-refractivity contribution in [2.75, 3.05) is 11.9 Å². The maximum absolute atomic E-state index is 13.5. The summed E-state index contributed by atoms with van der Waals surface area (Å²) in [6, 6.07) is 1.63. The summed E-state index contributed by atoms with van der Waals surface area (Å²) in [4.78, 5) is 23.3. The van der Waals surface area contributed by atoms with E-state index in [2.05, 4.69) is 5.32 Å². The molecule has 2 amide bonds. The first-order chi connectivity index (χ1) is 10.8. The molecule has 0 fully saturated rings. The molecule has 0 radical (unpaired) electrons. The molecule has 0 bridgehead atoms. The molecule has 1 aromatic rings. The van der Waals surface area contributed by atoms with Gasteiger partial charge in [0.25, 0.3) is 0 Å². The Morgan fingerprint density at radius 1 is 1.17 bits per heavy atom. The van der Waals surface area contributed by atoms with Crippen molar-refractivity contribution in [3.05, 3.63) is 28.8 Å². The highest BCUT2D eigenvalue weighted by Crippen LogP contribution is 2.23. The van der Waals surface area contributed by atoms with Crippen molar-refractivity contribution >= 4 is 29.1 Å². The summed E-state index contributed by atoms with van der Waals surface area (Å²) in [5.41, 5.74) is -0.755. The number of hydrogen-bond acceptors (Lipinski definition) is 3. The smallest absolute Gasteiger partial charge is 0.313 e. The Balaban J connectivity index is 2.63. The van der Waals surface area contributed by atoms with Crippen LogP contribution < -0.4 is 10.6 Å². The molecule has 0 aromatic heterocycles. The summed E-state index contributed by atoms with van der Waals surface area (Å²) >= 11 is 5.46. The number of rotatable bonds is 6. The SMILES string of the molecule is CCC(CC)C(O)CNC(=O)C(=O)Nc1c(F)cc(Cl)cc1F. The van der Waals surface area contributed by atoms with E-state index in [1.54, 1.807) is 0 Å². The van der Waals surface area contributed by atoms with E-state index < -0.39 is 35.2 Å². The number of nitrogens with one attached hydrogen (secondary N) is 2. The molecule has 1 unspecified atom stereocenters. The molecule has 0 aliphatic heterocycles. The van der Waals surface area contributed by atoms with Crippen LogP contribution in [-0.4, -0.2) is 29.6 Å². The average Bonchev–Trinajstić information content (AvgIpc) is 2.49. The van der Waals surface area contributed by atoms with Crippen molar-refractivity contribution in [2.24, 2.45) is 5.92 Å². The molecule has 0 spiro atoms. The van der Waals surface area contributed by atoms with Crippen LogP contribution in [-0.2, 0) is 9.59 Å². The van der Waals surface area contributed by atoms with Crippen LogP contribution in [0.2, 0.25) is 5.02 Å². The first-order valence-corrected chi connectivity index (χ1v) is 7.59. The second kappa shape index (κ2) is 8.79. The number of aliphatic hydroxyl groups excluding tert-OH is 1. The lowest BCUT2D eigenvalue weighted by atomic mass is 9.96. The van der Waals surface area contributed by atoms with Gasteiger partial charge in [-0.15, -0.1) is 0 Å². The molecule has 5 nitrogen and oxygen atoms in total.